The summed E-state index contributed by atoms with van der Waals surface area (Å²) in [6.45, 7) is 6.78. The zero-order valence-corrected chi connectivity index (χ0v) is 16.7. The quantitative estimate of drug-likeness (QED) is 0.728. The minimum absolute atomic E-state index is 0.0109. The number of anilines is 1. The molecule has 0 fully saturated rings. The third kappa shape index (κ3) is 4.34. The second kappa shape index (κ2) is 7.88. The van der Waals surface area contributed by atoms with E-state index in [4.69, 9.17) is 0 Å². The Bertz CT molecular complexity index is 974. The lowest BCUT2D eigenvalue weighted by atomic mass is 10.1. The smallest absolute Gasteiger partial charge is 0.224 e. The van der Waals surface area contributed by atoms with Gasteiger partial charge in [0.05, 0.1) is 5.69 Å². The van der Waals surface area contributed by atoms with E-state index in [2.05, 4.69) is 20.3 Å². The molecule has 0 aliphatic carbocycles. The Kier molecular flexibility index (Phi) is 5.56. The molecule has 0 aliphatic rings. The van der Waals surface area contributed by atoms with Crippen LogP contribution in [0.25, 0.3) is 5.65 Å². The summed E-state index contributed by atoms with van der Waals surface area (Å²) >= 11 is 0. The molecule has 0 aliphatic heterocycles. The number of hydrogen-bond donors (Lipinski definition) is 1. The highest BCUT2D eigenvalue weighted by Gasteiger charge is 2.13. The summed E-state index contributed by atoms with van der Waals surface area (Å²) in [5, 5.41) is 7.56. The Hall–Kier alpha value is -2.73. The van der Waals surface area contributed by atoms with Gasteiger partial charge in [0.1, 0.15) is 0 Å². The number of carbonyl (C=O) groups is 1. The summed E-state index contributed by atoms with van der Waals surface area (Å²) in [6, 6.07) is 9.91. The molecule has 1 aromatic carbocycles. The van der Waals surface area contributed by atoms with Gasteiger partial charge in [-0.1, -0.05) is 18.2 Å². The van der Waals surface area contributed by atoms with Crippen molar-refractivity contribution in [1.29, 1.82) is 0 Å². The summed E-state index contributed by atoms with van der Waals surface area (Å²) in [5.74, 6) is 0.0109. The topological polar surface area (TPSA) is 62.5 Å². The number of nitrogens with one attached hydrogen (secondary N) is 1. The number of carbonyl (C=O) groups excluding carboxylic acids is 1. The summed E-state index contributed by atoms with van der Waals surface area (Å²) in [4.78, 5) is 19.3. The molecule has 3 rings (SSSR count). The van der Waals surface area contributed by atoms with Crippen molar-refractivity contribution in [2.75, 3.05) is 19.4 Å². The Labute approximate surface area is 160 Å². The highest BCUT2D eigenvalue weighted by molar-refractivity contribution is 5.91. The third-order valence-corrected chi connectivity index (χ3v) is 4.67. The molecule has 27 heavy (non-hydrogen) atoms. The van der Waals surface area contributed by atoms with E-state index in [1.165, 1.54) is 0 Å². The van der Waals surface area contributed by atoms with Crippen molar-refractivity contribution in [2.24, 2.45) is 0 Å². The fraction of sp³-hybridized carbons (Fsp3) is 0.381. The monoisotopic (exact) mass is 365 g/mol. The number of amides is 1. The first-order chi connectivity index (χ1) is 12.8. The van der Waals surface area contributed by atoms with Gasteiger partial charge in [-0.3, -0.25) is 4.79 Å². The van der Waals surface area contributed by atoms with Crippen molar-refractivity contribution in [2.45, 2.75) is 40.2 Å². The Morgan fingerprint density at radius 1 is 1.19 bits per heavy atom. The van der Waals surface area contributed by atoms with Crippen LogP contribution in [0.4, 0.5) is 5.69 Å². The van der Waals surface area contributed by atoms with Crippen LogP contribution >= 0.6 is 0 Å². The van der Waals surface area contributed by atoms with Gasteiger partial charge >= 0.3 is 0 Å². The average Bonchev–Trinajstić information content (AvgIpc) is 2.96. The van der Waals surface area contributed by atoms with Crippen LogP contribution in [0.15, 0.2) is 30.3 Å². The fourth-order valence-corrected chi connectivity index (χ4v) is 3.38. The predicted octanol–water partition coefficient (Wildman–Crippen LogP) is 3.29. The van der Waals surface area contributed by atoms with Crippen LogP contribution in [0, 0.1) is 20.8 Å². The number of benzene rings is 1. The van der Waals surface area contributed by atoms with Crippen LogP contribution in [-0.4, -0.2) is 39.5 Å². The normalized spacial score (nSPS) is 11.3. The summed E-state index contributed by atoms with van der Waals surface area (Å²) in [6.07, 6.45) is 1.05. The first-order valence-corrected chi connectivity index (χ1v) is 9.20. The molecule has 1 amide bonds. The van der Waals surface area contributed by atoms with Gasteiger partial charge in [-0.25, -0.2) is 9.50 Å². The van der Waals surface area contributed by atoms with Gasteiger partial charge in [0.2, 0.25) is 5.91 Å². The average molecular weight is 365 g/mol. The van der Waals surface area contributed by atoms with Crippen LogP contribution in [0.2, 0.25) is 0 Å². The van der Waals surface area contributed by atoms with Crippen molar-refractivity contribution in [3.05, 3.63) is 58.5 Å². The second-order valence-electron chi connectivity index (χ2n) is 7.26. The number of hydrogen-bond acceptors (Lipinski definition) is 4. The number of aromatic nitrogens is 3. The van der Waals surface area contributed by atoms with Gasteiger partial charge in [0, 0.05) is 36.1 Å². The van der Waals surface area contributed by atoms with E-state index in [0.29, 0.717) is 12.8 Å². The molecular weight excluding hydrogens is 338 g/mol. The predicted molar refractivity (Wildman–Crippen MR) is 108 cm³/mol. The first-order valence-electron chi connectivity index (χ1n) is 9.20. The lowest BCUT2D eigenvalue weighted by molar-refractivity contribution is -0.116. The maximum Gasteiger partial charge on any atom is 0.224 e. The van der Waals surface area contributed by atoms with Crippen LogP contribution in [-0.2, 0) is 17.8 Å². The fourth-order valence-electron chi connectivity index (χ4n) is 3.38. The molecule has 6 heteroatoms. The summed E-state index contributed by atoms with van der Waals surface area (Å²) in [7, 11) is 4.04. The Balaban J connectivity index is 1.72. The minimum atomic E-state index is 0.0109. The maximum atomic E-state index is 12.5. The van der Waals surface area contributed by atoms with Crippen molar-refractivity contribution in [3.63, 3.8) is 0 Å². The Morgan fingerprint density at radius 3 is 2.67 bits per heavy atom. The standard InChI is InChI=1S/C21H27N5O/c1-14-12-20-22-15(2)18(16(3)26(20)24-14)10-11-21(27)23-19-9-7-6-8-17(19)13-25(4)5/h6-9,12H,10-11,13H2,1-5H3,(H,23,27). The molecule has 0 unspecified atom stereocenters. The van der Waals surface area contributed by atoms with Gasteiger partial charge in [0.25, 0.3) is 0 Å². The van der Waals surface area contributed by atoms with Crippen LogP contribution in [0.5, 0.6) is 0 Å². The molecule has 142 valence electrons. The molecular formula is C21H27N5O. The van der Waals surface area contributed by atoms with Crippen LogP contribution in [0.3, 0.4) is 0 Å². The summed E-state index contributed by atoms with van der Waals surface area (Å²) < 4.78 is 1.86. The van der Waals surface area contributed by atoms with Crippen molar-refractivity contribution < 1.29 is 4.79 Å². The van der Waals surface area contributed by atoms with E-state index in [1.807, 2.05) is 69.7 Å². The molecule has 0 saturated heterocycles. The lowest BCUT2D eigenvalue weighted by Gasteiger charge is -2.15. The molecule has 0 saturated carbocycles. The highest BCUT2D eigenvalue weighted by Crippen LogP contribution is 2.19. The molecule has 2 aromatic heterocycles. The van der Waals surface area contributed by atoms with E-state index < -0.39 is 0 Å². The molecule has 6 nitrogen and oxygen atoms in total. The highest BCUT2D eigenvalue weighted by atomic mass is 16.1. The third-order valence-electron chi connectivity index (χ3n) is 4.67. The minimum Gasteiger partial charge on any atom is -0.326 e. The summed E-state index contributed by atoms with van der Waals surface area (Å²) in [5.41, 5.74) is 6.87. The SMILES string of the molecule is Cc1cc2nc(C)c(CCC(=O)Nc3ccccc3CN(C)C)c(C)n2n1. The molecule has 3 aromatic rings. The van der Waals surface area contributed by atoms with E-state index in [1.54, 1.807) is 0 Å². The van der Waals surface area contributed by atoms with Gasteiger partial charge < -0.3 is 10.2 Å². The van der Waals surface area contributed by atoms with E-state index in [-0.39, 0.29) is 5.91 Å². The Morgan fingerprint density at radius 2 is 1.93 bits per heavy atom. The first kappa shape index (κ1) is 19.0. The van der Waals surface area contributed by atoms with Crippen LogP contribution in [0.1, 0.15) is 34.6 Å². The molecule has 2 heterocycles. The number of aryl methyl sites for hydroxylation is 3. The zero-order valence-electron chi connectivity index (χ0n) is 16.7. The number of para-hydroxylation sites is 1. The van der Waals surface area contributed by atoms with Gasteiger partial charge in [0.15, 0.2) is 5.65 Å². The van der Waals surface area contributed by atoms with E-state index in [0.717, 1.165) is 46.1 Å². The zero-order chi connectivity index (χ0) is 19.6. The van der Waals surface area contributed by atoms with E-state index in [9.17, 15) is 4.79 Å². The van der Waals surface area contributed by atoms with Crippen molar-refractivity contribution in [1.82, 2.24) is 19.5 Å². The van der Waals surface area contributed by atoms with E-state index >= 15 is 0 Å². The van der Waals surface area contributed by atoms with Crippen molar-refractivity contribution in [3.8, 4) is 0 Å². The largest absolute Gasteiger partial charge is 0.326 e. The molecule has 0 radical (unpaired) electrons. The van der Waals surface area contributed by atoms with Gasteiger partial charge in [-0.15, -0.1) is 0 Å². The number of rotatable bonds is 6. The maximum absolute atomic E-state index is 12.5. The lowest BCUT2D eigenvalue weighted by Crippen LogP contribution is -2.17. The second-order valence-corrected chi connectivity index (χ2v) is 7.26. The molecule has 0 spiro atoms. The molecule has 0 bridgehead atoms. The molecule has 1 N–H and O–H groups in total. The van der Waals surface area contributed by atoms with Crippen LogP contribution < -0.4 is 5.32 Å². The molecule has 0 atom stereocenters. The van der Waals surface area contributed by atoms with Gasteiger partial charge in [-0.05, 0) is 58.5 Å². The van der Waals surface area contributed by atoms with Crippen molar-refractivity contribution >= 4 is 17.2 Å². The number of fused-ring (bicyclic) bond motifs is 1. The van der Waals surface area contributed by atoms with Gasteiger partial charge in [-0.2, -0.15) is 5.10 Å². The number of nitrogens with zero attached hydrogens (tertiary/aromatic N) is 4.